The number of hydrogen-bond acceptors (Lipinski definition) is 3. The van der Waals surface area contributed by atoms with Gasteiger partial charge in [-0.1, -0.05) is 30.1 Å². The second kappa shape index (κ2) is 7.71. The molecule has 0 aromatic carbocycles. The molecule has 1 rings (SSSR count). The SMILES string of the molecule is CCCOCCCNc1ncc(Cl)cc1Cl. The zero-order valence-corrected chi connectivity index (χ0v) is 10.8. The minimum atomic E-state index is 0.543. The Kier molecular flexibility index (Phi) is 6.53. The molecule has 0 amide bonds. The molecular weight excluding hydrogens is 247 g/mol. The van der Waals surface area contributed by atoms with Gasteiger partial charge in [0, 0.05) is 26.0 Å². The summed E-state index contributed by atoms with van der Waals surface area (Å²) in [6.07, 6.45) is 3.56. The van der Waals surface area contributed by atoms with Gasteiger partial charge in [-0.15, -0.1) is 0 Å². The summed E-state index contributed by atoms with van der Waals surface area (Å²) in [6.45, 7) is 4.46. The van der Waals surface area contributed by atoms with Crippen molar-refractivity contribution in [3.63, 3.8) is 0 Å². The van der Waals surface area contributed by atoms with Crippen molar-refractivity contribution >= 4 is 29.0 Å². The summed E-state index contributed by atoms with van der Waals surface area (Å²) in [7, 11) is 0. The quantitative estimate of drug-likeness (QED) is 0.763. The van der Waals surface area contributed by atoms with Gasteiger partial charge in [0.1, 0.15) is 5.82 Å². The van der Waals surface area contributed by atoms with Gasteiger partial charge in [0.05, 0.1) is 10.0 Å². The summed E-state index contributed by atoms with van der Waals surface area (Å²) >= 11 is 11.7. The van der Waals surface area contributed by atoms with Crippen molar-refractivity contribution < 1.29 is 4.74 Å². The van der Waals surface area contributed by atoms with Crippen LogP contribution in [0.25, 0.3) is 0 Å². The smallest absolute Gasteiger partial charge is 0.144 e. The summed E-state index contributed by atoms with van der Waals surface area (Å²) in [5.74, 6) is 0.668. The first-order valence-corrected chi connectivity index (χ1v) is 6.12. The summed E-state index contributed by atoms with van der Waals surface area (Å²) < 4.78 is 5.36. The van der Waals surface area contributed by atoms with Crippen LogP contribution in [0, 0.1) is 0 Å². The number of anilines is 1. The molecule has 1 aromatic heterocycles. The fraction of sp³-hybridized carbons (Fsp3) is 0.545. The predicted molar refractivity (Wildman–Crippen MR) is 68.5 cm³/mol. The second-order valence-corrected chi connectivity index (χ2v) is 4.22. The summed E-state index contributed by atoms with van der Waals surface area (Å²) in [5, 5.41) is 4.22. The standard InChI is InChI=1S/C11H16Cl2N2O/c1-2-5-16-6-3-4-14-11-10(13)7-9(12)8-15-11/h7-8H,2-6H2,1H3,(H,14,15). The first-order valence-electron chi connectivity index (χ1n) is 5.36. The highest BCUT2D eigenvalue weighted by atomic mass is 35.5. The molecule has 1 heterocycles. The lowest BCUT2D eigenvalue weighted by Crippen LogP contribution is -2.07. The van der Waals surface area contributed by atoms with E-state index in [4.69, 9.17) is 27.9 Å². The average Bonchev–Trinajstić information content (AvgIpc) is 2.26. The van der Waals surface area contributed by atoms with Crippen molar-refractivity contribution in [2.24, 2.45) is 0 Å². The van der Waals surface area contributed by atoms with E-state index < -0.39 is 0 Å². The molecule has 0 atom stereocenters. The number of halogens is 2. The highest BCUT2D eigenvalue weighted by molar-refractivity contribution is 6.35. The van der Waals surface area contributed by atoms with Crippen LogP contribution in [0.5, 0.6) is 0 Å². The molecule has 1 N–H and O–H groups in total. The van der Waals surface area contributed by atoms with E-state index in [0.717, 1.165) is 32.6 Å². The molecule has 90 valence electrons. The first kappa shape index (κ1) is 13.6. The normalized spacial score (nSPS) is 10.4. The second-order valence-electron chi connectivity index (χ2n) is 3.38. The highest BCUT2D eigenvalue weighted by Crippen LogP contribution is 2.22. The molecule has 0 fully saturated rings. The van der Waals surface area contributed by atoms with Crippen LogP contribution in [0.2, 0.25) is 10.0 Å². The molecule has 16 heavy (non-hydrogen) atoms. The van der Waals surface area contributed by atoms with Crippen LogP contribution in [0.4, 0.5) is 5.82 Å². The van der Waals surface area contributed by atoms with Gasteiger partial charge in [-0.25, -0.2) is 4.98 Å². The van der Waals surface area contributed by atoms with E-state index >= 15 is 0 Å². The van der Waals surface area contributed by atoms with Crippen LogP contribution in [-0.2, 0) is 4.74 Å². The van der Waals surface area contributed by atoms with Crippen LogP contribution in [-0.4, -0.2) is 24.7 Å². The number of aromatic nitrogens is 1. The van der Waals surface area contributed by atoms with Crippen LogP contribution in [0.3, 0.4) is 0 Å². The maximum atomic E-state index is 5.95. The van der Waals surface area contributed by atoms with E-state index in [1.807, 2.05) is 0 Å². The van der Waals surface area contributed by atoms with Crippen LogP contribution in [0.1, 0.15) is 19.8 Å². The van der Waals surface area contributed by atoms with Gasteiger partial charge >= 0.3 is 0 Å². The Hall–Kier alpha value is -0.510. The van der Waals surface area contributed by atoms with Crippen LogP contribution in [0.15, 0.2) is 12.3 Å². The highest BCUT2D eigenvalue weighted by Gasteiger charge is 2.01. The topological polar surface area (TPSA) is 34.1 Å². The third kappa shape index (κ3) is 5.01. The average molecular weight is 263 g/mol. The lowest BCUT2D eigenvalue weighted by atomic mass is 10.4. The zero-order chi connectivity index (χ0) is 11.8. The molecule has 0 unspecified atom stereocenters. The third-order valence-electron chi connectivity index (χ3n) is 1.91. The van der Waals surface area contributed by atoms with Crippen molar-refractivity contribution in [3.05, 3.63) is 22.3 Å². The number of nitrogens with one attached hydrogen (secondary N) is 1. The van der Waals surface area contributed by atoms with Crippen LogP contribution >= 0.6 is 23.2 Å². The molecular formula is C11H16Cl2N2O. The monoisotopic (exact) mass is 262 g/mol. The number of hydrogen-bond donors (Lipinski definition) is 1. The Morgan fingerprint density at radius 2 is 2.19 bits per heavy atom. The van der Waals surface area contributed by atoms with E-state index in [1.54, 1.807) is 12.3 Å². The van der Waals surface area contributed by atoms with Crippen molar-refractivity contribution in [2.45, 2.75) is 19.8 Å². The molecule has 0 aliphatic rings. The Bertz CT molecular complexity index is 321. The zero-order valence-electron chi connectivity index (χ0n) is 9.30. The van der Waals surface area contributed by atoms with E-state index in [2.05, 4.69) is 17.2 Å². The van der Waals surface area contributed by atoms with E-state index in [1.165, 1.54) is 0 Å². The van der Waals surface area contributed by atoms with Gasteiger partial charge in [0.2, 0.25) is 0 Å². The molecule has 0 bridgehead atoms. The molecule has 0 spiro atoms. The van der Waals surface area contributed by atoms with E-state index in [9.17, 15) is 0 Å². The van der Waals surface area contributed by atoms with Gasteiger partial charge in [-0.3, -0.25) is 0 Å². The number of pyridine rings is 1. The Balaban J connectivity index is 2.21. The number of nitrogens with zero attached hydrogens (tertiary/aromatic N) is 1. The van der Waals surface area contributed by atoms with E-state index in [-0.39, 0.29) is 0 Å². The lowest BCUT2D eigenvalue weighted by molar-refractivity contribution is 0.134. The maximum Gasteiger partial charge on any atom is 0.144 e. The van der Waals surface area contributed by atoms with Crippen molar-refractivity contribution in [1.29, 1.82) is 0 Å². The summed E-state index contributed by atoms with van der Waals surface area (Å²) in [6, 6.07) is 1.67. The van der Waals surface area contributed by atoms with Gasteiger partial charge in [-0.2, -0.15) is 0 Å². The summed E-state index contributed by atoms with van der Waals surface area (Å²) in [5.41, 5.74) is 0. The largest absolute Gasteiger partial charge is 0.381 e. The predicted octanol–water partition coefficient (Wildman–Crippen LogP) is 3.62. The molecule has 5 heteroatoms. The molecule has 0 saturated heterocycles. The molecule has 0 radical (unpaired) electrons. The molecule has 1 aromatic rings. The third-order valence-corrected chi connectivity index (χ3v) is 2.41. The Morgan fingerprint density at radius 1 is 1.38 bits per heavy atom. The summed E-state index contributed by atoms with van der Waals surface area (Å²) in [4.78, 5) is 4.10. The van der Waals surface area contributed by atoms with Gasteiger partial charge < -0.3 is 10.1 Å². The van der Waals surface area contributed by atoms with Gasteiger partial charge in [0.25, 0.3) is 0 Å². The Labute approximate surface area is 106 Å². The fourth-order valence-electron chi connectivity index (χ4n) is 1.17. The molecule has 0 saturated carbocycles. The first-order chi connectivity index (χ1) is 7.74. The minimum Gasteiger partial charge on any atom is -0.381 e. The molecule has 0 aliphatic heterocycles. The molecule has 0 aliphatic carbocycles. The Morgan fingerprint density at radius 3 is 2.88 bits per heavy atom. The number of rotatable bonds is 7. The minimum absolute atomic E-state index is 0.543. The van der Waals surface area contributed by atoms with Gasteiger partial charge in [0.15, 0.2) is 0 Å². The number of ether oxygens (including phenoxy) is 1. The van der Waals surface area contributed by atoms with Crippen LogP contribution < -0.4 is 5.32 Å². The lowest BCUT2D eigenvalue weighted by Gasteiger charge is -2.07. The van der Waals surface area contributed by atoms with Crippen molar-refractivity contribution in [1.82, 2.24) is 4.98 Å². The van der Waals surface area contributed by atoms with E-state index in [0.29, 0.717) is 15.9 Å². The van der Waals surface area contributed by atoms with Crippen molar-refractivity contribution in [2.75, 3.05) is 25.1 Å². The molecule has 3 nitrogen and oxygen atoms in total. The van der Waals surface area contributed by atoms with Gasteiger partial charge in [-0.05, 0) is 18.9 Å². The maximum absolute atomic E-state index is 5.95. The van der Waals surface area contributed by atoms with Crippen molar-refractivity contribution in [3.8, 4) is 0 Å². The fourth-order valence-corrected chi connectivity index (χ4v) is 1.62.